The number of nitrogens with two attached hydrogens (primary N) is 1. The number of nitrogens with one attached hydrogen (secondary N) is 1. The highest BCUT2D eigenvalue weighted by molar-refractivity contribution is 7.87. The van der Waals surface area contributed by atoms with Crippen LogP contribution in [0, 0.1) is 5.92 Å². The van der Waals surface area contributed by atoms with Gasteiger partial charge in [-0.1, -0.05) is 13.3 Å². The molecule has 19 heavy (non-hydrogen) atoms. The van der Waals surface area contributed by atoms with Crippen LogP contribution in [0.5, 0.6) is 0 Å². The Hall–Kier alpha value is -0.210. The Morgan fingerprint density at radius 2 is 2.00 bits per heavy atom. The van der Waals surface area contributed by atoms with E-state index in [1.807, 2.05) is 0 Å². The van der Waals surface area contributed by atoms with E-state index >= 15 is 0 Å². The second-order valence-corrected chi connectivity index (χ2v) is 6.70. The van der Waals surface area contributed by atoms with E-state index in [1.165, 1.54) is 4.31 Å². The van der Waals surface area contributed by atoms with Crippen molar-refractivity contribution in [1.82, 2.24) is 9.03 Å². The molecule has 0 unspecified atom stereocenters. The first-order chi connectivity index (χ1) is 9.10. The molecule has 1 saturated heterocycles. The fourth-order valence-corrected chi connectivity index (χ4v) is 3.28. The summed E-state index contributed by atoms with van der Waals surface area (Å²) in [5.41, 5.74) is 5.60. The van der Waals surface area contributed by atoms with Gasteiger partial charge in [-0.05, 0) is 31.7 Å². The third-order valence-corrected chi connectivity index (χ3v) is 5.03. The van der Waals surface area contributed by atoms with Crippen LogP contribution >= 0.6 is 0 Å². The summed E-state index contributed by atoms with van der Waals surface area (Å²) in [4.78, 5) is 0. The third kappa shape index (κ3) is 6.18. The first-order valence-corrected chi connectivity index (χ1v) is 8.56. The number of piperidine rings is 1. The van der Waals surface area contributed by atoms with Crippen LogP contribution in [0.25, 0.3) is 0 Å². The predicted octanol–water partition coefficient (Wildman–Crippen LogP) is 0.308. The van der Waals surface area contributed by atoms with Crippen LogP contribution in [0.3, 0.4) is 0 Å². The smallest absolute Gasteiger partial charge is 0.279 e. The minimum atomic E-state index is -3.35. The molecule has 0 aromatic heterocycles. The average molecular weight is 293 g/mol. The molecule has 0 spiro atoms. The molecule has 114 valence electrons. The van der Waals surface area contributed by atoms with Crippen LogP contribution in [0.1, 0.15) is 32.6 Å². The van der Waals surface area contributed by atoms with Crippen molar-refractivity contribution in [2.75, 3.05) is 39.4 Å². The van der Waals surface area contributed by atoms with E-state index in [4.69, 9.17) is 10.5 Å². The number of rotatable bonds is 9. The van der Waals surface area contributed by atoms with Crippen molar-refractivity contribution in [1.29, 1.82) is 0 Å². The molecule has 7 heteroatoms. The molecule has 0 aliphatic carbocycles. The van der Waals surface area contributed by atoms with Gasteiger partial charge in [0.1, 0.15) is 0 Å². The average Bonchev–Trinajstić information content (AvgIpc) is 2.43. The summed E-state index contributed by atoms with van der Waals surface area (Å²) in [5, 5.41) is 0. The molecule has 1 aliphatic rings. The standard InChI is InChI=1S/C12H27N3O3S/c1-2-3-9-18-10-6-14-19(16,17)15-7-4-12(11-13)5-8-15/h12,14H,2-11,13H2,1H3. The highest BCUT2D eigenvalue weighted by Crippen LogP contribution is 2.17. The summed E-state index contributed by atoms with van der Waals surface area (Å²) >= 11 is 0. The highest BCUT2D eigenvalue weighted by atomic mass is 32.2. The van der Waals surface area contributed by atoms with E-state index in [2.05, 4.69) is 11.6 Å². The summed E-state index contributed by atoms with van der Waals surface area (Å²) in [6.07, 6.45) is 3.80. The summed E-state index contributed by atoms with van der Waals surface area (Å²) in [5.74, 6) is 0.462. The van der Waals surface area contributed by atoms with E-state index in [9.17, 15) is 8.42 Å². The van der Waals surface area contributed by atoms with Gasteiger partial charge in [0.2, 0.25) is 0 Å². The zero-order valence-corrected chi connectivity index (χ0v) is 12.6. The Morgan fingerprint density at radius 3 is 2.58 bits per heavy atom. The zero-order chi connectivity index (χ0) is 14.1. The van der Waals surface area contributed by atoms with Crippen LogP contribution in [-0.4, -0.2) is 52.1 Å². The molecule has 0 saturated carbocycles. The van der Waals surface area contributed by atoms with Crippen LogP contribution in [-0.2, 0) is 14.9 Å². The Bertz CT molecular complexity index is 327. The van der Waals surface area contributed by atoms with Gasteiger partial charge in [-0.15, -0.1) is 0 Å². The van der Waals surface area contributed by atoms with Gasteiger partial charge in [-0.3, -0.25) is 0 Å². The van der Waals surface area contributed by atoms with Gasteiger partial charge in [-0.25, -0.2) is 0 Å². The number of nitrogens with zero attached hydrogens (tertiary/aromatic N) is 1. The molecule has 1 fully saturated rings. The molecule has 1 heterocycles. The lowest BCUT2D eigenvalue weighted by Crippen LogP contribution is -2.46. The fraction of sp³-hybridized carbons (Fsp3) is 1.00. The Kier molecular flexibility index (Phi) is 7.86. The molecule has 0 atom stereocenters. The lowest BCUT2D eigenvalue weighted by atomic mass is 9.99. The molecular weight excluding hydrogens is 266 g/mol. The summed E-state index contributed by atoms with van der Waals surface area (Å²) in [6.45, 7) is 5.33. The van der Waals surface area contributed by atoms with Crippen LogP contribution < -0.4 is 10.5 Å². The zero-order valence-electron chi connectivity index (χ0n) is 11.8. The van der Waals surface area contributed by atoms with Crippen molar-refractivity contribution < 1.29 is 13.2 Å². The number of unbranched alkanes of at least 4 members (excludes halogenated alkanes) is 1. The SMILES string of the molecule is CCCCOCCNS(=O)(=O)N1CCC(CN)CC1. The molecule has 1 rings (SSSR count). The van der Waals surface area contributed by atoms with E-state index < -0.39 is 10.2 Å². The minimum absolute atomic E-state index is 0.336. The molecule has 3 N–H and O–H groups in total. The van der Waals surface area contributed by atoms with Crippen LogP contribution in [0.15, 0.2) is 0 Å². The first kappa shape index (κ1) is 16.8. The number of hydrogen-bond donors (Lipinski definition) is 2. The molecule has 0 amide bonds. The van der Waals surface area contributed by atoms with Gasteiger partial charge in [0.25, 0.3) is 10.2 Å². The Labute approximate surface area is 116 Å². The van der Waals surface area contributed by atoms with Crippen molar-refractivity contribution in [2.24, 2.45) is 11.7 Å². The molecule has 0 aromatic carbocycles. The summed E-state index contributed by atoms with van der Waals surface area (Å²) in [6, 6.07) is 0. The van der Waals surface area contributed by atoms with Gasteiger partial charge in [0, 0.05) is 26.2 Å². The number of hydrogen-bond acceptors (Lipinski definition) is 4. The molecule has 6 nitrogen and oxygen atoms in total. The van der Waals surface area contributed by atoms with Gasteiger partial charge in [-0.2, -0.15) is 17.4 Å². The van der Waals surface area contributed by atoms with E-state index in [0.29, 0.717) is 45.3 Å². The van der Waals surface area contributed by atoms with Gasteiger partial charge in [0.05, 0.1) is 6.61 Å². The molecule has 0 bridgehead atoms. The second-order valence-electron chi connectivity index (χ2n) is 4.94. The van der Waals surface area contributed by atoms with Gasteiger partial charge in [0.15, 0.2) is 0 Å². The van der Waals surface area contributed by atoms with E-state index in [1.54, 1.807) is 0 Å². The van der Waals surface area contributed by atoms with Crippen LogP contribution in [0.4, 0.5) is 0 Å². The second kappa shape index (κ2) is 8.86. The van der Waals surface area contributed by atoms with Crippen molar-refractivity contribution in [2.45, 2.75) is 32.6 Å². The number of ether oxygens (including phenoxy) is 1. The Balaban J connectivity index is 2.21. The van der Waals surface area contributed by atoms with Gasteiger partial charge < -0.3 is 10.5 Å². The van der Waals surface area contributed by atoms with Crippen molar-refractivity contribution in [3.05, 3.63) is 0 Å². The summed E-state index contributed by atoms with van der Waals surface area (Å²) < 4.78 is 33.4. The highest BCUT2D eigenvalue weighted by Gasteiger charge is 2.26. The lowest BCUT2D eigenvalue weighted by molar-refractivity contribution is 0.136. The fourth-order valence-electron chi connectivity index (χ4n) is 2.07. The minimum Gasteiger partial charge on any atom is -0.380 e. The monoisotopic (exact) mass is 293 g/mol. The summed E-state index contributed by atoms with van der Waals surface area (Å²) in [7, 11) is -3.35. The quantitative estimate of drug-likeness (QED) is 0.599. The van der Waals surface area contributed by atoms with E-state index in [-0.39, 0.29) is 0 Å². The first-order valence-electron chi connectivity index (χ1n) is 7.12. The maximum atomic E-state index is 12.0. The van der Waals surface area contributed by atoms with Crippen molar-refractivity contribution in [3.63, 3.8) is 0 Å². The van der Waals surface area contributed by atoms with E-state index in [0.717, 1.165) is 25.7 Å². The van der Waals surface area contributed by atoms with Crippen LogP contribution in [0.2, 0.25) is 0 Å². The maximum Gasteiger partial charge on any atom is 0.279 e. The predicted molar refractivity (Wildman–Crippen MR) is 76.0 cm³/mol. The molecule has 0 aromatic rings. The molecule has 1 aliphatic heterocycles. The molecule has 0 radical (unpaired) electrons. The topological polar surface area (TPSA) is 84.7 Å². The van der Waals surface area contributed by atoms with Crippen molar-refractivity contribution in [3.8, 4) is 0 Å². The third-order valence-electron chi connectivity index (χ3n) is 3.42. The normalized spacial score (nSPS) is 18.8. The van der Waals surface area contributed by atoms with Crippen molar-refractivity contribution >= 4 is 10.2 Å². The molecular formula is C12H27N3O3S. The van der Waals surface area contributed by atoms with Gasteiger partial charge >= 0.3 is 0 Å². The maximum absolute atomic E-state index is 12.0. The Morgan fingerprint density at radius 1 is 1.32 bits per heavy atom. The lowest BCUT2D eigenvalue weighted by Gasteiger charge is -2.30. The largest absolute Gasteiger partial charge is 0.380 e.